The molecule has 24 heavy (non-hydrogen) atoms. The average Bonchev–Trinajstić information content (AvgIpc) is 2.98. The number of hydrogen-bond donors (Lipinski definition) is 2. The number of aliphatic imine (C=N–C) groups is 3. The zero-order valence-corrected chi connectivity index (χ0v) is 14.9. The van der Waals surface area contributed by atoms with Crippen molar-refractivity contribution >= 4 is 25.8 Å². The first-order valence-corrected chi connectivity index (χ1v) is 9.53. The monoisotopic (exact) mass is 359 g/mol. The predicted molar refractivity (Wildman–Crippen MR) is 88.1 cm³/mol. The third-order valence-electron chi connectivity index (χ3n) is 4.37. The first kappa shape index (κ1) is 17.3. The van der Waals surface area contributed by atoms with Gasteiger partial charge in [0.1, 0.15) is 6.23 Å². The van der Waals surface area contributed by atoms with Crippen molar-refractivity contribution in [2.24, 2.45) is 26.1 Å². The summed E-state index contributed by atoms with van der Waals surface area (Å²) in [6.45, 7) is 5.18. The Hall–Kier alpha value is -1.48. The van der Waals surface area contributed by atoms with E-state index in [0.717, 1.165) is 6.66 Å². The summed E-state index contributed by atoms with van der Waals surface area (Å²) in [5.74, 6) is 0.504. The SMILES string of the molecule is COC1=NC(N)=NC2C1N=CN2C1OC[C@@H](OP(C)(=O)O)C1(C)C. The van der Waals surface area contributed by atoms with Crippen LogP contribution in [0.2, 0.25) is 0 Å². The highest BCUT2D eigenvalue weighted by atomic mass is 31.2. The number of rotatable bonds is 3. The number of fused-ring (bicyclic) bond motifs is 1. The molecule has 10 nitrogen and oxygen atoms in total. The van der Waals surface area contributed by atoms with E-state index in [2.05, 4.69) is 15.0 Å². The minimum atomic E-state index is -3.63. The smallest absolute Gasteiger partial charge is 0.325 e. The second-order valence-corrected chi connectivity index (χ2v) is 8.43. The second kappa shape index (κ2) is 5.80. The Bertz CT molecular complexity index is 657. The molecule has 0 saturated carbocycles. The van der Waals surface area contributed by atoms with Gasteiger partial charge in [-0.15, -0.1) is 0 Å². The molecule has 3 N–H and O–H groups in total. The van der Waals surface area contributed by atoms with E-state index in [1.807, 2.05) is 18.7 Å². The molecule has 3 heterocycles. The molecule has 3 aliphatic rings. The molecule has 1 saturated heterocycles. The molecule has 3 aliphatic heterocycles. The molecule has 5 atom stereocenters. The molecule has 11 heteroatoms. The Labute approximate surface area is 139 Å². The van der Waals surface area contributed by atoms with Crippen LogP contribution in [0, 0.1) is 5.41 Å². The molecular formula is C13H22N5O5P. The summed E-state index contributed by atoms with van der Waals surface area (Å²) in [5.41, 5.74) is 5.19. The average molecular weight is 359 g/mol. The summed E-state index contributed by atoms with van der Waals surface area (Å²) < 4.78 is 28.0. The van der Waals surface area contributed by atoms with Crippen LogP contribution in [0.15, 0.2) is 15.0 Å². The molecule has 4 unspecified atom stereocenters. The lowest BCUT2D eigenvalue weighted by Gasteiger charge is -2.38. The second-order valence-electron chi connectivity index (χ2n) is 6.62. The quantitative estimate of drug-likeness (QED) is 0.677. The Morgan fingerprint density at radius 3 is 2.88 bits per heavy atom. The number of guanidine groups is 1. The highest BCUT2D eigenvalue weighted by Crippen LogP contribution is 2.48. The Balaban J connectivity index is 1.82. The lowest BCUT2D eigenvalue weighted by atomic mass is 9.86. The van der Waals surface area contributed by atoms with Crippen molar-refractivity contribution in [3.05, 3.63) is 0 Å². The van der Waals surface area contributed by atoms with Crippen molar-refractivity contribution in [3.63, 3.8) is 0 Å². The van der Waals surface area contributed by atoms with Gasteiger partial charge < -0.3 is 29.5 Å². The first-order valence-electron chi connectivity index (χ1n) is 7.50. The van der Waals surface area contributed by atoms with Gasteiger partial charge in [-0.3, -0.25) is 9.56 Å². The third kappa shape index (κ3) is 2.95. The van der Waals surface area contributed by atoms with Crippen LogP contribution in [0.25, 0.3) is 0 Å². The Morgan fingerprint density at radius 1 is 1.54 bits per heavy atom. The topological polar surface area (TPSA) is 131 Å². The van der Waals surface area contributed by atoms with Gasteiger partial charge in [-0.05, 0) is 0 Å². The summed E-state index contributed by atoms with van der Waals surface area (Å²) in [4.78, 5) is 24.1. The van der Waals surface area contributed by atoms with E-state index < -0.39 is 37.6 Å². The number of hydrogen-bond acceptors (Lipinski definition) is 9. The van der Waals surface area contributed by atoms with E-state index in [0.29, 0.717) is 5.90 Å². The van der Waals surface area contributed by atoms with Gasteiger partial charge in [-0.2, -0.15) is 4.99 Å². The zero-order valence-electron chi connectivity index (χ0n) is 14.0. The van der Waals surface area contributed by atoms with Gasteiger partial charge in [-0.25, -0.2) is 4.99 Å². The maximum Gasteiger partial charge on any atom is 0.325 e. The van der Waals surface area contributed by atoms with Crippen LogP contribution in [0.5, 0.6) is 0 Å². The van der Waals surface area contributed by atoms with E-state index >= 15 is 0 Å². The number of ether oxygens (including phenoxy) is 2. The lowest BCUT2D eigenvalue weighted by molar-refractivity contribution is -0.0421. The van der Waals surface area contributed by atoms with Gasteiger partial charge in [0.2, 0.25) is 11.9 Å². The normalized spacial score (nSPS) is 36.8. The molecule has 0 aromatic rings. The maximum absolute atomic E-state index is 11.6. The standard InChI is InChI=1S/C13H22N5O5P/c1-13(2)7(23-24(4,19)20)5-22-11(13)18-6-15-8-9(18)16-12(14)17-10(8)21-3/h6-9,11H,5H2,1-4H3,(H2,14,16)(H,19,20)/t7-,8?,9?,11?/m1/s1. The van der Waals surface area contributed by atoms with Crippen molar-refractivity contribution < 1.29 is 23.5 Å². The summed E-state index contributed by atoms with van der Waals surface area (Å²) in [6.07, 6.45) is 0.227. The van der Waals surface area contributed by atoms with Gasteiger partial charge in [-0.1, -0.05) is 13.8 Å². The van der Waals surface area contributed by atoms with Crippen LogP contribution >= 0.6 is 7.60 Å². The molecule has 0 bridgehead atoms. The molecule has 134 valence electrons. The van der Waals surface area contributed by atoms with Crippen LogP contribution in [-0.4, -0.2) is 72.9 Å². The van der Waals surface area contributed by atoms with Crippen LogP contribution < -0.4 is 5.73 Å². The summed E-state index contributed by atoms with van der Waals surface area (Å²) >= 11 is 0. The van der Waals surface area contributed by atoms with Crippen LogP contribution in [0.4, 0.5) is 0 Å². The third-order valence-corrected chi connectivity index (χ3v) is 5.01. The fourth-order valence-electron chi connectivity index (χ4n) is 3.13. The molecule has 0 aliphatic carbocycles. The first-order chi connectivity index (χ1) is 11.1. The number of nitrogens with two attached hydrogens (primary N) is 1. The summed E-state index contributed by atoms with van der Waals surface area (Å²) in [6, 6.07) is -0.392. The highest BCUT2D eigenvalue weighted by Gasteiger charge is 2.53. The van der Waals surface area contributed by atoms with E-state index in [1.54, 1.807) is 6.34 Å². The van der Waals surface area contributed by atoms with Crippen LogP contribution in [0.1, 0.15) is 13.8 Å². The van der Waals surface area contributed by atoms with Crippen LogP contribution in [-0.2, 0) is 18.6 Å². The van der Waals surface area contributed by atoms with Gasteiger partial charge in [0, 0.05) is 12.1 Å². The highest BCUT2D eigenvalue weighted by molar-refractivity contribution is 7.51. The molecule has 0 amide bonds. The van der Waals surface area contributed by atoms with Gasteiger partial charge in [0.15, 0.2) is 12.2 Å². The molecular weight excluding hydrogens is 337 g/mol. The van der Waals surface area contributed by atoms with Crippen molar-refractivity contribution in [2.45, 2.75) is 38.4 Å². The molecule has 0 radical (unpaired) electrons. The molecule has 0 aromatic heterocycles. The Morgan fingerprint density at radius 2 is 2.25 bits per heavy atom. The summed E-state index contributed by atoms with van der Waals surface area (Å²) in [7, 11) is -2.12. The zero-order chi connectivity index (χ0) is 17.7. The van der Waals surface area contributed by atoms with Crippen molar-refractivity contribution in [1.82, 2.24) is 4.90 Å². The molecule has 0 aromatic carbocycles. The van der Waals surface area contributed by atoms with Crippen molar-refractivity contribution in [2.75, 3.05) is 20.4 Å². The lowest BCUT2D eigenvalue weighted by Crippen LogP contribution is -2.52. The van der Waals surface area contributed by atoms with E-state index in [9.17, 15) is 9.46 Å². The predicted octanol–water partition coefficient (Wildman–Crippen LogP) is -0.0189. The molecule has 0 spiro atoms. The fourth-order valence-corrected chi connectivity index (χ4v) is 3.94. The van der Waals surface area contributed by atoms with Gasteiger partial charge in [0.05, 0.1) is 26.2 Å². The number of nitrogens with zero attached hydrogens (tertiary/aromatic N) is 4. The van der Waals surface area contributed by atoms with Crippen LogP contribution in [0.3, 0.4) is 0 Å². The van der Waals surface area contributed by atoms with E-state index in [1.165, 1.54) is 7.11 Å². The minimum absolute atomic E-state index is 0.112. The fraction of sp³-hybridized carbons (Fsp3) is 0.769. The number of methoxy groups -OCH3 is 1. The minimum Gasteiger partial charge on any atom is -0.482 e. The van der Waals surface area contributed by atoms with Crippen molar-refractivity contribution in [1.29, 1.82) is 0 Å². The van der Waals surface area contributed by atoms with Crippen molar-refractivity contribution in [3.8, 4) is 0 Å². The largest absolute Gasteiger partial charge is 0.482 e. The maximum atomic E-state index is 11.6. The van der Waals surface area contributed by atoms with E-state index in [-0.39, 0.29) is 12.6 Å². The van der Waals surface area contributed by atoms with Gasteiger partial charge in [0.25, 0.3) is 0 Å². The molecule has 3 rings (SSSR count). The van der Waals surface area contributed by atoms with Gasteiger partial charge >= 0.3 is 7.60 Å². The molecule has 1 fully saturated rings. The van der Waals surface area contributed by atoms with E-state index in [4.69, 9.17) is 19.7 Å². The summed E-state index contributed by atoms with van der Waals surface area (Å²) in [5, 5.41) is 0. The Kier molecular flexibility index (Phi) is 4.19.